The number of nitrogens with zero attached hydrogens (tertiary/aromatic N) is 2. The summed E-state index contributed by atoms with van der Waals surface area (Å²) in [5.74, 6) is -0.271. The lowest BCUT2D eigenvalue weighted by atomic mass is 10.2. The molecule has 0 N–H and O–H groups in total. The van der Waals surface area contributed by atoms with Gasteiger partial charge in [0.2, 0.25) is 0 Å². The number of carbonyl (C=O) groups excluding carboxylic acids is 1. The van der Waals surface area contributed by atoms with Crippen LogP contribution >= 0.6 is 11.8 Å². The maximum absolute atomic E-state index is 13.0. The van der Waals surface area contributed by atoms with Gasteiger partial charge < -0.3 is 0 Å². The van der Waals surface area contributed by atoms with Crippen LogP contribution in [0.3, 0.4) is 0 Å². The van der Waals surface area contributed by atoms with E-state index >= 15 is 0 Å². The van der Waals surface area contributed by atoms with Crippen LogP contribution in [0.4, 0.5) is 4.39 Å². The number of benzene rings is 1. The summed E-state index contributed by atoms with van der Waals surface area (Å²) in [5.41, 5.74) is 0.826. The largest absolute Gasteiger partial charge is 0.287 e. The van der Waals surface area contributed by atoms with E-state index in [-0.39, 0.29) is 11.7 Å². The fourth-order valence-electron chi connectivity index (χ4n) is 2.18. The summed E-state index contributed by atoms with van der Waals surface area (Å²) < 4.78 is 13.0. The lowest BCUT2D eigenvalue weighted by Gasteiger charge is -2.14. The molecule has 1 aliphatic heterocycles. The highest BCUT2D eigenvalue weighted by atomic mass is 32.2. The van der Waals surface area contributed by atoms with Crippen LogP contribution in [0.2, 0.25) is 0 Å². The summed E-state index contributed by atoms with van der Waals surface area (Å²) in [4.78, 5) is 19.6. The Labute approximate surface area is 141 Å². The lowest BCUT2D eigenvalue weighted by Crippen LogP contribution is -2.30. The Hall–Kier alpha value is -1.62. The topological polar surface area (TPSA) is 32.7 Å². The first-order valence-corrected chi connectivity index (χ1v) is 8.98. The van der Waals surface area contributed by atoms with Crippen molar-refractivity contribution in [2.24, 2.45) is 4.99 Å². The molecule has 0 saturated carbocycles. The first-order chi connectivity index (χ1) is 11.2. The molecule has 0 atom stereocenters. The smallest absolute Gasteiger partial charge is 0.266 e. The number of hydrogen-bond acceptors (Lipinski definition) is 3. The maximum Gasteiger partial charge on any atom is 0.266 e. The molecule has 0 unspecified atom stereocenters. The van der Waals surface area contributed by atoms with Crippen molar-refractivity contribution in [2.75, 3.05) is 13.1 Å². The molecular formula is C18H23FN2OS. The van der Waals surface area contributed by atoms with Crippen LogP contribution < -0.4 is 0 Å². The van der Waals surface area contributed by atoms with Crippen LogP contribution in [0.15, 0.2) is 34.2 Å². The predicted octanol–water partition coefficient (Wildman–Crippen LogP) is 4.70. The van der Waals surface area contributed by atoms with Crippen molar-refractivity contribution < 1.29 is 9.18 Å². The van der Waals surface area contributed by atoms with Gasteiger partial charge >= 0.3 is 0 Å². The highest BCUT2D eigenvalue weighted by Crippen LogP contribution is 2.32. The standard InChI is InChI=1S/C18H23FN2OS/c1-3-5-11-20-18-21(12-6-4-2)17(22)16(23-18)13-14-7-9-15(19)10-8-14/h7-10,13H,3-6,11-12H2,1-2H3. The Morgan fingerprint density at radius 1 is 1.17 bits per heavy atom. The lowest BCUT2D eigenvalue weighted by molar-refractivity contribution is -0.122. The summed E-state index contributed by atoms with van der Waals surface area (Å²) >= 11 is 1.42. The van der Waals surface area contributed by atoms with Gasteiger partial charge in [0, 0.05) is 13.1 Å². The quantitative estimate of drug-likeness (QED) is 0.535. The van der Waals surface area contributed by atoms with Crippen LogP contribution in [0.25, 0.3) is 6.08 Å². The second kappa shape index (κ2) is 8.87. The minimum absolute atomic E-state index is 0.00280. The van der Waals surface area contributed by atoms with Gasteiger partial charge in [0.1, 0.15) is 5.82 Å². The third-order valence-electron chi connectivity index (χ3n) is 3.55. The zero-order chi connectivity index (χ0) is 16.7. The van der Waals surface area contributed by atoms with Gasteiger partial charge in [-0.25, -0.2) is 4.39 Å². The first-order valence-electron chi connectivity index (χ1n) is 8.17. The third-order valence-corrected chi connectivity index (χ3v) is 4.59. The molecule has 124 valence electrons. The van der Waals surface area contributed by atoms with E-state index in [1.54, 1.807) is 17.0 Å². The van der Waals surface area contributed by atoms with E-state index < -0.39 is 0 Å². The highest BCUT2D eigenvalue weighted by molar-refractivity contribution is 8.18. The predicted molar refractivity (Wildman–Crippen MR) is 95.8 cm³/mol. The minimum Gasteiger partial charge on any atom is -0.287 e. The van der Waals surface area contributed by atoms with Gasteiger partial charge in [-0.1, -0.05) is 38.8 Å². The molecule has 5 heteroatoms. The van der Waals surface area contributed by atoms with Gasteiger partial charge in [-0.15, -0.1) is 0 Å². The number of amidine groups is 1. The summed E-state index contributed by atoms with van der Waals surface area (Å²) in [6.07, 6.45) is 5.92. The van der Waals surface area contributed by atoms with Crippen molar-refractivity contribution in [3.8, 4) is 0 Å². The molecule has 0 aliphatic carbocycles. The van der Waals surface area contributed by atoms with Crippen LogP contribution in [-0.4, -0.2) is 29.1 Å². The maximum atomic E-state index is 13.0. The molecule has 1 aliphatic rings. The average molecular weight is 334 g/mol. The number of amides is 1. The summed E-state index contributed by atoms with van der Waals surface area (Å²) in [6, 6.07) is 6.17. The van der Waals surface area contributed by atoms with Crippen molar-refractivity contribution in [1.29, 1.82) is 0 Å². The van der Waals surface area contributed by atoms with Crippen molar-refractivity contribution >= 4 is 28.9 Å². The zero-order valence-electron chi connectivity index (χ0n) is 13.7. The van der Waals surface area contributed by atoms with Gasteiger partial charge in [-0.05, 0) is 48.4 Å². The van der Waals surface area contributed by atoms with Crippen molar-refractivity contribution in [3.05, 3.63) is 40.6 Å². The van der Waals surface area contributed by atoms with E-state index in [4.69, 9.17) is 0 Å². The number of thioether (sulfide) groups is 1. The Bertz CT molecular complexity index is 596. The molecule has 0 spiro atoms. The number of aliphatic imine (C=N–C) groups is 1. The average Bonchev–Trinajstić information content (AvgIpc) is 2.83. The Kier molecular flexibility index (Phi) is 6.84. The molecule has 1 aromatic carbocycles. The summed E-state index contributed by atoms with van der Waals surface area (Å²) in [5, 5.41) is 0.797. The normalized spacial score (nSPS) is 18.4. The fraction of sp³-hybridized carbons (Fsp3) is 0.444. The van der Waals surface area contributed by atoms with E-state index in [0.29, 0.717) is 11.4 Å². The minimum atomic E-state index is -0.274. The van der Waals surface area contributed by atoms with E-state index in [1.165, 1.54) is 23.9 Å². The van der Waals surface area contributed by atoms with Gasteiger partial charge in [-0.2, -0.15) is 0 Å². The van der Waals surface area contributed by atoms with Crippen LogP contribution in [0.1, 0.15) is 45.1 Å². The van der Waals surface area contributed by atoms with E-state index in [0.717, 1.165) is 43.0 Å². The Balaban J connectivity index is 2.19. The number of rotatable bonds is 7. The van der Waals surface area contributed by atoms with E-state index in [1.807, 2.05) is 6.08 Å². The zero-order valence-corrected chi connectivity index (χ0v) is 14.5. The van der Waals surface area contributed by atoms with Crippen LogP contribution in [0.5, 0.6) is 0 Å². The SMILES string of the molecule is CCCCN=C1SC(=Cc2ccc(F)cc2)C(=O)N1CCCC. The molecule has 23 heavy (non-hydrogen) atoms. The number of unbranched alkanes of at least 4 members (excludes halogenated alkanes) is 2. The molecule has 0 bridgehead atoms. The van der Waals surface area contributed by atoms with Crippen LogP contribution in [-0.2, 0) is 4.79 Å². The summed E-state index contributed by atoms with van der Waals surface area (Å²) in [6.45, 7) is 5.69. The number of hydrogen-bond donors (Lipinski definition) is 0. The Morgan fingerprint density at radius 3 is 2.52 bits per heavy atom. The number of halogens is 1. The highest BCUT2D eigenvalue weighted by Gasteiger charge is 2.32. The molecule has 1 aromatic rings. The van der Waals surface area contributed by atoms with E-state index in [9.17, 15) is 9.18 Å². The summed E-state index contributed by atoms with van der Waals surface area (Å²) in [7, 11) is 0. The second-order valence-electron chi connectivity index (χ2n) is 5.49. The molecular weight excluding hydrogens is 311 g/mol. The van der Waals surface area contributed by atoms with Crippen molar-refractivity contribution in [2.45, 2.75) is 39.5 Å². The van der Waals surface area contributed by atoms with Gasteiger partial charge in [0.25, 0.3) is 5.91 Å². The molecule has 2 rings (SSSR count). The van der Waals surface area contributed by atoms with Gasteiger partial charge in [0.05, 0.1) is 4.91 Å². The van der Waals surface area contributed by atoms with Crippen molar-refractivity contribution in [3.63, 3.8) is 0 Å². The third kappa shape index (κ3) is 4.93. The monoisotopic (exact) mass is 334 g/mol. The molecule has 0 aromatic heterocycles. The van der Waals surface area contributed by atoms with E-state index in [2.05, 4.69) is 18.8 Å². The molecule has 1 fully saturated rings. The number of carbonyl (C=O) groups is 1. The van der Waals surface area contributed by atoms with Crippen molar-refractivity contribution in [1.82, 2.24) is 4.90 Å². The van der Waals surface area contributed by atoms with Crippen LogP contribution in [0, 0.1) is 5.82 Å². The molecule has 3 nitrogen and oxygen atoms in total. The molecule has 1 heterocycles. The molecule has 1 amide bonds. The molecule has 1 saturated heterocycles. The Morgan fingerprint density at radius 2 is 1.87 bits per heavy atom. The molecule has 0 radical (unpaired) electrons. The van der Waals surface area contributed by atoms with Gasteiger partial charge in [0.15, 0.2) is 5.17 Å². The second-order valence-corrected chi connectivity index (χ2v) is 6.50. The first kappa shape index (κ1) is 17.7. The fourth-order valence-corrected chi connectivity index (χ4v) is 3.21. The van der Waals surface area contributed by atoms with Gasteiger partial charge in [-0.3, -0.25) is 14.7 Å².